The largest absolute Gasteiger partial charge is 0.496 e. The van der Waals surface area contributed by atoms with E-state index in [4.69, 9.17) is 9.57 Å². The number of benzene rings is 2. The van der Waals surface area contributed by atoms with E-state index in [1.165, 1.54) is 6.42 Å². The van der Waals surface area contributed by atoms with Crippen molar-refractivity contribution in [3.8, 4) is 16.9 Å². The summed E-state index contributed by atoms with van der Waals surface area (Å²) < 4.78 is 6.11. The molecule has 316 valence electrons. The lowest BCUT2D eigenvalue weighted by molar-refractivity contribution is -0.183. The number of aromatic nitrogens is 1. The van der Waals surface area contributed by atoms with E-state index >= 15 is 0 Å². The van der Waals surface area contributed by atoms with E-state index in [1.54, 1.807) is 25.3 Å². The van der Waals surface area contributed by atoms with Gasteiger partial charge in [-0.05, 0) is 92.9 Å². The van der Waals surface area contributed by atoms with E-state index in [9.17, 15) is 24.9 Å². The van der Waals surface area contributed by atoms with Crippen LogP contribution in [0.2, 0.25) is 0 Å². The molecule has 3 aromatic rings. The van der Waals surface area contributed by atoms with Gasteiger partial charge >= 0.3 is 0 Å². The Labute approximate surface area is 343 Å². The molecule has 1 aliphatic heterocycles. The SMILES string of the molecule is COc1c(CN2O[C@@H](CO)[C@@H]([C@H](C)O)[C@H]2C(=O)N[C@H]2C[C@H]3CC([C@@H]2C)C3(C)C)cccc1-c1cc(C(=O)N[C@@H](Cc2ccccn2)CN(C)C)cc(N(C)CCO)c1. The van der Waals surface area contributed by atoms with E-state index in [0.717, 1.165) is 34.5 Å². The second-order valence-corrected chi connectivity index (χ2v) is 17.6. The van der Waals surface area contributed by atoms with Gasteiger partial charge in [0.2, 0.25) is 5.91 Å². The highest BCUT2D eigenvalue weighted by molar-refractivity contribution is 5.97. The number of carbonyl (C=O) groups excluding carboxylic acids is 2. The number of ether oxygens (including phenoxy) is 1. The van der Waals surface area contributed by atoms with Crippen molar-refractivity contribution >= 4 is 17.5 Å². The molecule has 5 N–H and O–H groups in total. The van der Waals surface area contributed by atoms with E-state index in [1.807, 2.05) is 85.5 Å². The zero-order valence-corrected chi connectivity index (χ0v) is 35.4. The van der Waals surface area contributed by atoms with Gasteiger partial charge in [0.25, 0.3) is 5.91 Å². The van der Waals surface area contributed by atoms with Gasteiger partial charge in [0.1, 0.15) is 17.9 Å². The number of hydroxylamine groups is 2. The molecule has 0 spiro atoms. The summed E-state index contributed by atoms with van der Waals surface area (Å²) in [5.41, 5.74) is 4.48. The molecule has 1 saturated heterocycles. The van der Waals surface area contributed by atoms with E-state index in [-0.39, 0.29) is 49.1 Å². The highest BCUT2D eigenvalue weighted by Crippen LogP contribution is 2.61. The van der Waals surface area contributed by atoms with Crippen LogP contribution in [-0.2, 0) is 22.6 Å². The first-order chi connectivity index (χ1) is 27.7. The molecule has 9 atom stereocenters. The van der Waals surface area contributed by atoms with Gasteiger partial charge in [-0.25, -0.2) is 0 Å². The first-order valence-corrected chi connectivity index (χ1v) is 20.7. The normalized spacial score (nSPS) is 26.1. The van der Waals surface area contributed by atoms with Crippen LogP contribution in [0.1, 0.15) is 62.2 Å². The number of nitrogens with one attached hydrogen (secondary N) is 2. The smallest absolute Gasteiger partial charge is 0.251 e. The monoisotopic (exact) mass is 800 g/mol. The third kappa shape index (κ3) is 9.20. The molecule has 3 saturated carbocycles. The number of likely N-dealkylation sites (N-methyl/N-ethyl adjacent to an activating group) is 2. The Morgan fingerprint density at radius 2 is 1.86 bits per heavy atom. The lowest BCUT2D eigenvalue weighted by Crippen LogP contribution is -2.62. The average molecular weight is 801 g/mol. The number of rotatable bonds is 17. The summed E-state index contributed by atoms with van der Waals surface area (Å²) in [6.07, 6.45) is 2.70. The van der Waals surface area contributed by atoms with Gasteiger partial charge in [-0.2, -0.15) is 5.06 Å². The minimum Gasteiger partial charge on any atom is -0.496 e. The van der Waals surface area contributed by atoms with Crippen molar-refractivity contribution in [3.63, 3.8) is 0 Å². The van der Waals surface area contributed by atoms with E-state index in [0.29, 0.717) is 48.6 Å². The van der Waals surface area contributed by atoms with Gasteiger partial charge in [0.05, 0.1) is 33.0 Å². The zero-order chi connectivity index (χ0) is 41.9. The Morgan fingerprint density at radius 1 is 1.09 bits per heavy atom. The molecule has 1 aromatic heterocycles. The van der Waals surface area contributed by atoms with Crippen LogP contribution in [0.25, 0.3) is 11.1 Å². The summed E-state index contributed by atoms with van der Waals surface area (Å²) in [5, 5.41) is 39.4. The Morgan fingerprint density at radius 3 is 2.48 bits per heavy atom. The van der Waals surface area contributed by atoms with Crippen molar-refractivity contribution < 1.29 is 34.5 Å². The molecule has 13 nitrogen and oxygen atoms in total. The fraction of sp³-hybridized carbons (Fsp3) is 0.578. The van der Waals surface area contributed by atoms with Crippen molar-refractivity contribution in [3.05, 3.63) is 77.6 Å². The number of methoxy groups -OCH3 is 1. The number of anilines is 1. The molecular weight excluding hydrogens is 737 g/mol. The molecule has 7 rings (SSSR count). The van der Waals surface area contributed by atoms with Gasteiger partial charge in [-0.1, -0.05) is 45.0 Å². The topological polar surface area (TPSA) is 160 Å². The molecule has 0 radical (unpaired) electrons. The fourth-order valence-electron chi connectivity index (χ4n) is 9.87. The van der Waals surface area contributed by atoms with Crippen LogP contribution in [-0.4, -0.2) is 127 Å². The number of pyridine rings is 1. The Kier molecular flexibility index (Phi) is 13.8. The van der Waals surface area contributed by atoms with Crippen LogP contribution < -0.4 is 20.3 Å². The number of carbonyl (C=O) groups is 2. The van der Waals surface area contributed by atoms with Crippen LogP contribution in [0.4, 0.5) is 5.69 Å². The summed E-state index contributed by atoms with van der Waals surface area (Å²) in [5.74, 6) is 0.801. The number of aliphatic hydroxyl groups excluding tert-OH is 3. The number of nitrogens with zero attached hydrogens (tertiary/aromatic N) is 4. The van der Waals surface area contributed by atoms with Crippen molar-refractivity contribution in [1.29, 1.82) is 0 Å². The van der Waals surface area contributed by atoms with Gasteiger partial charge in [-0.15, -0.1) is 0 Å². The zero-order valence-electron chi connectivity index (χ0n) is 35.4. The third-order valence-electron chi connectivity index (χ3n) is 13.2. The summed E-state index contributed by atoms with van der Waals surface area (Å²) >= 11 is 0. The van der Waals surface area contributed by atoms with Crippen LogP contribution in [0, 0.1) is 29.1 Å². The van der Waals surface area contributed by atoms with Crippen molar-refractivity contribution in [2.45, 2.75) is 83.8 Å². The quantitative estimate of drug-likeness (QED) is 0.135. The molecule has 4 aliphatic rings. The number of aliphatic hydroxyl groups is 3. The first kappa shape index (κ1) is 43.5. The van der Waals surface area contributed by atoms with Crippen LogP contribution in [0.15, 0.2) is 60.8 Å². The lowest BCUT2D eigenvalue weighted by Gasteiger charge is -2.62. The maximum Gasteiger partial charge on any atom is 0.251 e. The maximum atomic E-state index is 14.3. The van der Waals surface area contributed by atoms with Crippen LogP contribution in [0.5, 0.6) is 5.75 Å². The molecule has 3 aliphatic carbocycles. The summed E-state index contributed by atoms with van der Waals surface area (Å²) in [6.45, 7) is 9.19. The molecule has 2 heterocycles. The molecule has 2 amide bonds. The molecule has 4 fully saturated rings. The molecule has 58 heavy (non-hydrogen) atoms. The Hall–Kier alpha value is -4.11. The second kappa shape index (κ2) is 18.4. The second-order valence-electron chi connectivity index (χ2n) is 17.6. The van der Waals surface area contributed by atoms with E-state index in [2.05, 4.69) is 36.4 Å². The molecular formula is C45H64N6O7. The van der Waals surface area contributed by atoms with E-state index < -0.39 is 24.2 Å². The highest BCUT2D eigenvalue weighted by Gasteiger charge is 2.57. The summed E-state index contributed by atoms with van der Waals surface area (Å²) in [7, 11) is 7.39. The predicted octanol–water partition coefficient (Wildman–Crippen LogP) is 3.75. The molecule has 13 heteroatoms. The molecule has 2 aromatic carbocycles. The number of para-hydroxylation sites is 1. The van der Waals surface area contributed by atoms with Crippen LogP contribution >= 0.6 is 0 Å². The number of hydrogen-bond donors (Lipinski definition) is 5. The molecule has 2 bridgehead atoms. The van der Waals surface area contributed by atoms with Gasteiger partial charge < -0.3 is 40.5 Å². The minimum atomic E-state index is -0.924. The standard InChI is InChI=1S/C45H64N6O7/c1-27-37-21-32(45(37,3)4)22-38(27)48-44(56)41-40(28(2)54)39(26-53)58-51(41)24-29-12-11-14-36(42(29)57-8)30-18-31(20-35(19-30)50(7)16-17-52)43(55)47-34(25-49(5)6)23-33-13-9-10-15-46-33/h9-15,18-20,27-28,32,34,37-41,52-54H,16-17,21-26H2,1-8H3,(H,47,55)(H,48,56)/t27-,28-,32+,34-,37?,38-,39-,40+,41-/m0/s1. The average Bonchev–Trinajstić information content (AvgIpc) is 3.57. The van der Waals surface area contributed by atoms with Gasteiger partial charge in [0, 0.05) is 78.8 Å². The first-order valence-electron chi connectivity index (χ1n) is 20.7. The van der Waals surface area contributed by atoms with Gasteiger partial charge in [0.15, 0.2) is 0 Å². The summed E-state index contributed by atoms with van der Waals surface area (Å²) in [6, 6.07) is 16.0. The van der Waals surface area contributed by atoms with Crippen molar-refractivity contribution in [2.24, 2.45) is 29.1 Å². The lowest BCUT2D eigenvalue weighted by atomic mass is 9.45. The predicted molar refractivity (Wildman–Crippen MR) is 224 cm³/mol. The summed E-state index contributed by atoms with van der Waals surface area (Å²) in [4.78, 5) is 43.1. The number of amides is 2. The molecule has 1 unspecified atom stereocenters. The number of fused-ring (bicyclic) bond motifs is 2. The Bertz CT molecular complexity index is 1880. The highest BCUT2D eigenvalue weighted by atomic mass is 16.7. The Balaban J connectivity index is 1.30. The van der Waals surface area contributed by atoms with Crippen LogP contribution in [0.3, 0.4) is 0 Å². The number of hydrogen-bond acceptors (Lipinski definition) is 11. The van der Waals surface area contributed by atoms with Crippen molar-refractivity contribution in [2.75, 3.05) is 59.5 Å². The maximum absolute atomic E-state index is 14.3. The third-order valence-corrected chi connectivity index (χ3v) is 13.2. The van der Waals surface area contributed by atoms with Crippen molar-refractivity contribution in [1.82, 2.24) is 25.6 Å². The fourth-order valence-corrected chi connectivity index (χ4v) is 9.87. The minimum absolute atomic E-state index is 0.0163. The van der Waals surface area contributed by atoms with Gasteiger partial charge in [-0.3, -0.25) is 19.4 Å².